The first-order chi connectivity index (χ1) is 9.16. The van der Waals surface area contributed by atoms with E-state index in [0.29, 0.717) is 29.0 Å². The predicted molar refractivity (Wildman–Crippen MR) is 102 cm³/mol. The second-order valence-corrected chi connectivity index (χ2v) is 45.3. The van der Waals surface area contributed by atoms with Gasteiger partial charge in [-0.15, -0.1) is 0 Å². The van der Waals surface area contributed by atoms with Crippen molar-refractivity contribution in [3.8, 4) is 0 Å². The van der Waals surface area contributed by atoms with Crippen LogP contribution in [-0.4, -0.2) is 65.8 Å². The van der Waals surface area contributed by atoms with E-state index in [2.05, 4.69) is 66.1 Å². The van der Waals surface area contributed by atoms with Gasteiger partial charge in [-0.1, -0.05) is 0 Å². The van der Waals surface area contributed by atoms with Crippen molar-refractivity contribution in [2.24, 2.45) is 0 Å². The van der Waals surface area contributed by atoms with Gasteiger partial charge in [-0.3, -0.25) is 0 Å². The molecule has 0 nitrogen and oxygen atoms in total. The summed E-state index contributed by atoms with van der Waals surface area (Å²) in [5, 5.41) is 0. The van der Waals surface area contributed by atoms with Gasteiger partial charge in [0.1, 0.15) is 0 Å². The van der Waals surface area contributed by atoms with Gasteiger partial charge < -0.3 is 0 Å². The Labute approximate surface area is 143 Å². The summed E-state index contributed by atoms with van der Waals surface area (Å²) in [5.41, 5.74) is 0. The molecule has 0 atom stereocenters. The third kappa shape index (κ3) is 4.92. The molecular formula is C16H24Se2Sn2. The molecule has 20 heavy (non-hydrogen) atoms. The van der Waals surface area contributed by atoms with E-state index in [1.54, 1.807) is 8.87 Å². The fourth-order valence-electron chi connectivity index (χ4n) is 1.86. The molecule has 4 heteroatoms. The fourth-order valence-corrected chi connectivity index (χ4v) is 21.8. The summed E-state index contributed by atoms with van der Waals surface area (Å²) >= 11 is -2.34. The van der Waals surface area contributed by atoms with Crippen LogP contribution in [0.5, 0.6) is 0 Å². The van der Waals surface area contributed by atoms with E-state index in [9.17, 15) is 0 Å². The van der Waals surface area contributed by atoms with E-state index < -0.39 is 36.8 Å². The average Bonchev–Trinajstić information content (AvgIpc) is 2.94. The minimum absolute atomic E-state index is 0.622. The predicted octanol–water partition coefficient (Wildman–Crippen LogP) is 3.06. The zero-order valence-corrected chi connectivity index (χ0v) is 22.4. The number of hydrogen-bond donors (Lipinski definition) is 0. The molecule has 2 rings (SSSR count). The van der Waals surface area contributed by atoms with Crippen molar-refractivity contribution in [3.63, 3.8) is 0 Å². The van der Waals surface area contributed by atoms with Crippen LogP contribution in [0, 0.1) is 0 Å². The monoisotopic (exact) mass is 616 g/mol. The molecule has 0 spiro atoms. The van der Waals surface area contributed by atoms with E-state index >= 15 is 0 Å². The summed E-state index contributed by atoms with van der Waals surface area (Å²) in [5.74, 6) is 0. The molecule has 0 aliphatic rings. The van der Waals surface area contributed by atoms with Crippen LogP contribution in [0.1, 0.15) is 8.87 Å². The molecule has 0 bridgehead atoms. The first-order valence-corrected chi connectivity index (χ1v) is 30.5. The van der Waals surface area contributed by atoms with Gasteiger partial charge >= 0.3 is 146 Å². The molecule has 0 aliphatic heterocycles. The van der Waals surface area contributed by atoms with Crippen molar-refractivity contribution in [2.45, 2.75) is 29.6 Å². The van der Waals surface area contributed by atoms with Crippen molar-refractivity contribution >= 4 is 82.8 Å². The van der Waals surface area contributed by atoms with Crippen LogP contribution in [-0.2, 0) is 0 Å². The second kappa shape index (κ2) is 6.84. The van der Waals surface area contributed by atoms with E-state index in [4.69, 9.17) is 0 Å². The van der Waals surface area contributed by atoms with Crippen LogP contribution < -0.4 is 4.91 Å². The maximum atomic E-state index is 2.53. The Morgan fingerprint density at radius 1 is 0.650 bits per heavy atom. The number of hydrogen-bond acceptors (Lipinski definition) is 0. The van der Waals surface area contributed by atoms with Crippen LogP contribution in [0.3, 0.4) is 0 Å². The molecule has 0 saturated heterocycles. The molecule has 108 valence electrons. The van der Waals surface area contributed by atoms with Crippen molar-refractivity contribution in [1.29, 1.82) is 0 Å². The summed E-state index contributed by atoms with van der Waals surface area (Å²) < 4.78 is 6.79. The molecule has 0 fully saturated rings. The Kier molecular flexibility index (Phi) is 6.05. The maximum absolute atomic E-state index is 2.53. The molecule has 2 aromatic rings. The third-order valence-electron chi connectivity index (χ3n) is 3.14. The van der Waals surface area contributed by atoms with Gasteiger partial charge in [0.2, 0.25) is 0 Å². The zero-order chi connectivity index (χ0) is 15.0. The van der Waals surface area contributed by atoms with E-state index in [1.165, 1.54) is 0 Å². The second-order valence-electron chi connectivity index (χ2n) is 7.24. The van der Waals surface area contributed by atoms with Gasteiger partial charge in [0, 0.05) is 0 Å². The molecule has 2 aromatic heterocycles. The summed E-state index contributed by atoms with van der Waals surface area (Å²) in [6.07, 6.45) is 4.79. The standard InChI is InChI=1S/C10H6Se2.6CH3.2Sn/c1-3-9(11-7-1)5-6-10-4-2-8-12-10;;;;;;;;/h1-6H;6*1H3;;. The zero-order valence-electron chi connectivity index (χ0n) is 13.3. The van der Waals surface area contributed by atoms with Crippen LogP contribution in [0.25, 0.3) is 12.2 Å². The topological polar surface area (TPSA) is 0 Å². The Morgan fingerprint density at radius 3 is 1.25 bits per heavy atom. The first kappa shape index (κ1) is 17.7. The summed E-state index contributed by atoms with van der Waals surface area (Å²) in [7, 11) is 0. The van der Waals surface area contributed by atoms with Gasteiger partial charge in [0.25, 0.3) is 0 Å². The Bertz CT molecular complexity index is 553. The molecule has 0 amide bonds. The van der Waals surface area contributed by atoms with Gasteiger partial charge in [-0.05, 0) is 0 Å². The molecule has 0 aromatic carbocycles. The van der Waals surface area contributed by atoms with Gasteiger partial charge in [0.15, 0.2) is 0 Å². The van der Waals surface area contributed by atoms with E-state index in [-0.39, 0.29) is 0 Å². The summed E-state index contributed by atoms with van der Waals surface area (Å²) in [6.45, 7) is 0. The average molecular weight is 612 g/mol. The molecule has 0 radical (unpaired) electrons. The summed E-state index contributed by atoms with van der Waals surface area (Å²) in [4.78, 5) is 15.2. The van der Waals surface area contributed by atoms with Crippen molar-refractivity contribution in [2.75, 3.05) is 0 Å². The first-order valence-electron chi connectivity index (χ1n) is 7.05. The molecule has 0 aliphatic carbocycles. The Balaban J connectivity index is 2.14. The summed E-state index contributed by atoms with van der Waals surface area (Å²) in [6, 6.07) is 9.60. The number of rotatable bonds is 4. The minimum atomic E-state index is -1.79. The Morgan fingerprint density at radius 2 is 1.00 bits per heavy atom. The van der Waals surface area contributed by atoms with Crippen LogP contribution in [0.2, 0.25) is 29.6 Å². The molecular weight excluding hydrogens is 588 g/mol. The van der Waals surface area contributed by atoms with Crippen LogP contribution in [0.4, 0.5) is 0 Å². The van der Waals surface area contributed by atoms with Gasteiger partial charge in [-0.25, -0.2) is 0 Å². The molecule has 0 unspecified atom stereocenters. The van der Waals surface area contributed by atoms with E-state index in [1.807, 2.05) is 4.91 Å². The van der Waals surface area contributed by atoms with E-state index in [0.717, 1.165) is 0 Å². The molecule has 2 heterocycles. The SMILES string of the molecule is [CH3][Sn]([CH3])([CH3])[c]1ccc(C=Cc2cc[c]([Sn]([CH3])([CH3])[CH3])[se]2)[se]1. The quantitative estimate of drug-likeness (QED) is 0.467. The van der Waals surface area contributed by atoms with Gasteiger partial charge in [0.05, 0.1) is 0 Å². The fraction of sp³-hybridized carbons (Fsp3) is 0.375. The van der Waals surface area contributed by atoms with Crippen molar-refractivity contribution < 1.29 is 0 Å². The molecule has 0 N–H and O–H groups in total. The van der Waals surface area contributed by atoms with Crippen molar-refractivity contribution in [3.05, 3.63) is 33.1 Å². The van der Waals surface area contributed by atoms with Gasteiger partial charge in [-0.2, -0.15) is 0 Å². The normalized spacial score (nSPS) is 13.3. The Hall–Kier alpha value is 1.34. The third-order valence-corrected chi connectivity index (χ3v) is 36.4. The van der Waals surface area contributed by atoms with Crippen LogP contribution >= 0.6 is 0 Å². The molecule has 0 saturated carbocycles. The van der Waals surface area contributed by atoms with Crippen LogP contribution in [0.15, 0.2) is 24.3 Å². The van der Waals surface area contributed by atoms with Crippen molar-refractivity contribution in [1.82, 2.24) is 0 Å².